The summed E-state index contributed by atoms with van der Waals surface area (Å²) >= 11 is 1.76. The van der Waals surface area contributed by atoms with Crippen molar-refractivity contribution in [3.05, 3.63) is 22.4 Å². The van der Waals surface area contributed by atoms with Crippen molar-refractivity contribution in [3.8, 4) is 11.8 Å². The van der Waals surface area contributed by atoms with Crippen LogP contribution in [0.25, 0.3) is 0 Å². The second-order valence-electron chi connectivity index (χ2n) is 10.8. The summed E-state index contributed by atoms with van der Waals surface area (Å²) in [7, 11) is 0. The topological polar surface area (TPSA) is 29.5 Å². The minimum atomic E-state index is -0.116. The molecular weight excluding hydrogens is 376 g/mol. The normalized spacial score (nSPS) is 46.2. The van der Waals surface area contributed by atoms with Crippen LogP contribution < -0.4 is 0 Å². The van der Waals surface area contributed by atoms with Gasteiger partial charge < -0.3 is 9.84 Å². The summed E-state index contributed by atoms with van der Waals surface area (Å²) in [5.41, 5.74) is 0.803. The van der Waals surface area contributed by atoms with E-state index in [1.54, 1.807) is 11.3 Å². The summed E-state index contributed by atoms with van der Waals surface area (Å²) in [4.78, 5) is 1.22. The van der Waals surface area contributed by atoms with Gasteiger partial charge in [-0.1, -0.05) is 31.8 Å². The Morgan fingerprint density at radius 3 is 2.69 bits per heavy atom. The molecule has 29 heavy (non-hydrogen) atoms. The van der Waals surface area contributed by atoms with E-state index < -0.39 is 0 Å². The Labute approximate surface area is 180 Å². The first-order valence-electron chi connectivity index (χ1n) is 11.8. The van der Waals surface area contributed by atoms with E-state index in [1.807, 2.05) is 0 Å². The van der Waals surface area contributed by atoms with Crippen molar-refractivity contribution in [2.24, 2.45) is 40.4 Å². The number of ether oxygens (including phenoxy) is 1. The Kier molecular flexibility index (Phi) is 5.34. The summed E-state index contributed by atoms with van der Waals surface area (Å²) < 4.78 is 5.80. The van der Waals surface area contributed by atoms with Crippen molar-refractivity contribution in [1.29, 1.82) is 0 Å². The molecule has 4 aliphatic carbocycles. The van der Waals surface area contributed by atoms with Crippen LogP contribution >= 0.6 is 11.3 Å². The fourth-order valence-electron chi connectivity index (χ4n) is 8.23. The van der Waals surface area contributed by atoms with Gasteiger partial charge in [-0.15, -0.1) is 11.3 Å². The van der Waals surface area contributed by atoms with Gasteiger partial charge in [-0.2, -0.15) is 0 Å². The van der Waals surface area contributed by atoms with E-state index in [0.29, 0.717) is 11.3 Å². The van der Waals surface area contributed by atoms with Gasteiger partial charge in [0, 0.05) is 5.92 Å². The summed E-state index contributed by atoms with van der Waals surface area (Å²) in [6, 6.07) is 4.24. The third kappa shape index (κ3) is 3.31. The molecule has 8 atom stereocenters. The number of hydrogen-bond acceptors (Lipinski definition) is 3. The number of aliphatic hydroxyl groups excluding tert-OH is 1. The van der Waals surface area contributed by atoms with Gasteiger partial charge in [-0.3, -0.25) is 0 Å². The van der Waals surface area contributed by atoms with E-state index in [-0.39, 0.29) is 18.3 Å². The van der Waals surface area contributed by atoms with Crippen LogP contribution in [0.3, 0.4) is 0 Å². The Hall–Kier alpha value is -0.820. The highest BCUT2D eigenvalue weighted by Gasteiger charge is 2.60. The summed E-state index contributed by atoms with van der Waals surface area (Å²) in [5, 5.41) is 11.5. The lowest BCUT2D eigenvalue weighted by atomic mass is 9.44. The minimum Gasteiger partial charge on any atom is -0.371 e. The molecule has 1 aromatic rings. The standard InChI is InChI=1S/C26H36O2S/c1-25-13-11-18(5-7-20-4-3-15-29-20)16-19(25)6-8-21-22-9-10-24(28-17-27)26(22,2)14-12-23(21)25/h3-4,15,18-19,21-24,27H,6,8-14,16-17H2,1-2H3/t18-,19+,21-,22-,23-,24-,25-,26-/m0/s1. The minimum absolute atomic E-state index is 0.116. The zero-order chi connectivity index (χ0) is 20.1. The third-order valence-electron chi connectivity index (χ3n) is 9.78. The van der Waals surface area contributed by atoms with Crippen molar-refractivity contribution >= 4 is 11.3 Å². The molecule has 0 spiro atoms. The van der Waals surface area contributed by atoms with E-state index in [0.717, 1.165) is 30.1 Å². The molecule has 4 saturated carbocycles. The average molecular weight is 413 g/mol. The Balaban J connectivity index is 1.31. The van der Waals surface area contributed by atoms with Crippen molar-refractivity contribution < 1.29 is 9.84 Å². The smallest absolute Gasteiger partial charge is 0.143 e. The zero-order valence-electron chi connectivity index (χ0n) is 18.0. The van der Waals surface area contributed by atoms with Gasteiger partial charge in [-0.25, -0.2) is 0 Å². The van der Waals surface area contributed by atoms with Gasteiger partial charge in [-0.05, 0) is 104 Å². The van der Waals surface area contributed by atoms with E-state index in [9.17, 15) is 5.11 Å². The second-order valence-corrected chi connectivity index (χ2v) is 11.7. The second kappa shape index (κ2) is 7.70. The molecule has 0 radical (unpaired) electrons. The van der Waals surface area contributed by atoms with Crippen LogP contribution in [0.5, 0.6) is 0 Å². The predicted molar refractivity (Wildman–Crippen MR) is 118 cm³/mol. The van der Waals surface area contributed by atoms with Crippen LogP contribution in [-0.2, 0) is 4.74 Å². The van der Waals surface area contributed by atoms with Gasteiger partial charge >= 0.3 is 0 Å². The van der Waals surface area contributed by atoms with Crippen LogP contribution in [0.2, 0.25) is 0 Å². The Bertz CT molecular complexity index is 776. The molecule has 4 fully saturated rings. The monoisotopic (exact) mass is 412 g/mol. The quantitative estimate of drug-likeness (QED) is 0.470. The number of rotatable bonds is 2. The molecule has 2 nitrogen and oxygen atoms in total. The number of thiophene rings is 1. The highest BCUT2D eigenvalue weighted by Crippen LogP contribution is 2.66. The van der Waals surface area contributed by atoms with Crippen LogP contribution in [0.15, 0.2) is 17.5 Å². The SMILES string of the molecule is C[C@]12CC[C@H](C#Cc3cccs3)C[C@H]1CC[C@@H]1[C@@H]2CC[C@]2(C)[C@@H](OCO)CC[C@@H]12. The molecule has 0 aromatic carbocycles. The van der Waals surface area contributed by atoms with E-state index >= 15 is 0 Å². The molecule has 0 bridgehead atoms. The first-order chi connectivity index (χ1) is 14.0. The van der Waals surface area contributed by atoms with E-state index in [4.69, 9.17) is 4.74 Å². The maximum atomic E-state index is 9.36. The zero-order valence-corrected chi connectivity index (χ0v) is 18.8. The maximum absolute atomic E-state index is 9.36. The first-order valence-corrected chi connectivity index (χ1v) is 12.7. The summed E-state index contributed by atoms with van der Waals surface area (Å²) in [6.07, 6.45) is 12.1. The van der Waals surface area contributed by atoms with Crippen molar-refractivity contribution in [3.63, 3.8) is 0 Å². The highest BCUT2D eigenvalue weighted by atomic mass is 32.1. The number of hydrogen-bond donors (Lipinski definition) is 1. The third-order valence-corrected chi connectivity index (χ3v) is 10.6. The van der Waals surface area contributed by atoms with Crippen LogP contribution in [0, 0.1) is 52.3 Å². The molecule has 1 N–H and O–H groups in total. The van der Waals surface area contributed by atoms with Gasteiger partial charge in [0.2, 0.25) is 0 Å². The molecule has 4 aliphatic rings. The average Bonchev–Trinajstić information content (AvgIpc) is 3.34. The van der Waals surface area contributed by atoms with Crippen LogP contribution in [-0.4, -0.2) is 18.0 Å². The fraction of sp³-hybridized carbons (Fsp3) is 0.769. The maximum Gasteiger partial charge on any atom is 0.143 e. The van der Waals surface area contributed by atoms with Gasteiger partial charge in [0.05, 0.1) is 11.0 Å². The van der Waals surface area contributed by atoms with Crippen molar-refractivity contribution in [1.82, 2.24) is 0 Å². The molecule has 158 valence electrons. The largest absolute Gasteiger partial charge is 0.371 e. The molecule has 5 rings (SSSR count). The number of fused-ring (bicyclic) bond motifs is 5. The number of aliphatic hydroxyl groups is 1. The Morgan fingerprint density at radius 1 is 1.07 bits per heavy atom. The van der Waals surface area contributed by atoms with E-state index in [2.05, 4.69) is 43.2 Å². The lowest BCUT2D eigenvalue weighted by Gasteiger charge is -2.60. The molecule has 1 aromatic heterocycles. The highest BCUT2D eigenvalue weighted by molar-refractivity contribution is 7.10. The van der Waals surface area contributed by atoms with E-state index in [1.165, 1.54) is 56.2 Å². The molecule has 0 aliphatic heterocycles. The molecule has 3 heteroatoms. The summed E-state index contributed by atoms with van der Waals surface area (Å²) in [5.74, 6) is 11.1. The molecule has 0 amide bonds. The first kappa shape index (κ1) is 20.1. The lowest BCUT2D eigenvalue weighted by Crippen LogP contribution is -2.54. The van der Waals surface area contributed by atoms with Crippen molar-refractivity contribution in [2.75, 3.05) is 6.79 Å². The van der Waals surface area contributed by atoms with Gasteiger partial charge in [0.15, 0.2) is 0 Å². The molecular formula is C26H36O2S. The lowest BCUT2D eigenvalue weighted by molar-refractivity contribution is -0.149. The fourth-order valence-corrected chi connectivity index (χ4v) is 8.81. The molecule has 0 saturated heterocycles. The van der Waals surface area contributed by atoms with Crippen molar-refractivity contribution in [2.45, 2.75) is 77.7 Å². The molecule has 0 unspecified atom stereocenters. The van der Waals surface area contributed by atoms with Crippen LogP contribution in [0.4, 0.5) is 0 Å². The molecule has 1 heterocycles. The van der Waals surface area contributed by atoms with Gasteiger partial charge in [0.1, 0.15) is 6.79 Å². The predicted octanol–water partition coefficient (Wildman–Crippen LogP) is 6.09. The van der Waals surface area contributed by atoms with Gasteiger partial charge in [0.25, 0.3) is 0 Å². The van der Waals surface area contributed by atoms with Crippen LogP contribution in [0.1, 0.15) is 76.5 Å². The summed E-state index contributed by atoms with van der Waals surface area (Å²) in [6.45, 7) is 4.98. The Morgan fingerprint density at radius 2 is 1.90 bits per heavy atom.